The van der Waals surface area contributed by atoms with E-state index in [4.69, 9.17) is 4.74 Å². The number of amides is 3. The summed E-state index contributed by atoms with van der Waals surface area (Å²) in [5.74, 6) is -3.16. The van der Waals surface area contributed by atoms with Gasteiger partial charge in [0.15, 0.2) is 6.61 Å². The lowest BCUT2D eigenvalue weighted by Gasteiger charge is -2.26. The molecule has 0 aromatic heterocycles. The van der Waals surface area contributed by atoms with E-state index in [9.17, 15) is 27.2 Å². The Morgan fingerprint density at radius 1 is 1.25 bits per heavy atom. The van der Waals surface area contributed by atoms with Crippen LogP contribution in [0.2, 0.25) is 0 Å². The molecular formula is C16H20FN3O7S. The van der Waals surface area contributed by atoms with Crippen LogP contribution in [0.4, 0.5) is 9.18 Å². The normalized spacial score (nSPS) is 14.9. The molecule has 28 heavy (non-hydrogen) atoms. The molecule has 1 aliphatic heterocycles. The van der Waals surface area contributed by atoms with Crippen LogP contribution in [0.15, 0.2) is 23.1 Å². The second kappa shape index (κ2) is 9.57. The third-order valence-electron chi connectivity index (χ3n) is 3.69. The van der Waals surface area contributed by atoms with Gasteiger partial charge in [0.1, 0.15) is 5.82 Å². The fourth-order valence-electron chi connectivity index (χ4n) is 2.33. The first-order chi connectivity index (χ1) is 13.3. The van der Waals surface area contributed by atoms with Gasteiger partial charge in [-0.05, 0) is 25.1 Å². The molecule has 0 bridgehead atoms. The number of ether oxygens (including phenoxy) is 2. The molecule has 1 aromatic rings. The molecule has 0 saturated carbocycles. The van der Waals surface area contributed by atoms with Crippen molar-refractivity contribution in [2.45, 2.75) is 11.8 Å². The number of imide groups is 1. The van der Waals surface area contributed by atoms with Crippen molar-refractivity contribution in [1.82, 2.24) is 14.9 Å². The number of benzene rings is 1. The summed E-state index contributed by atoms with van der Waals surface area (Å²) in [5, 5.41) is 4.22. The number of halogens is 1. The van der Waals surface area contributed by atoms with E-state index in [1.165, 1.54) is 4.31 Å². The molecule has 0 unspecified atom stereocenters. The molecule has 154 valence electrons. The van der Waals surface area contributed by atoms with Crippen molar-refractivity contribution < 1.29 is 36.7 Å². The number of esters is 1. The fraction of sp³-hybridized carbons (Fsp3) is 0.438. The van der Waals surface area contributed by atoms with Crippen LogP contribution in [0.1, 0.15) is 17.3 Å². The maximum atomic E-state index is 14.0. The van der Waals surface area contributed by atoms with Gasteiger partial charge in [-0.25, -0.2) is 22.4 Å². The van der Waals surface area contributed by atoms with Crippen molar-refractivity contribution in [2.24, 2.45) is 0 Å². The summed E-state index contributed by atoms with van der Waals surface area (Å²) in [5.41, 5.74) is -0.639. The Bertz CT molecular complexity index is 854. The number of sulfonamides is 1. The Labute approximate surface area is 161 Å². The first kappa shape index (κ1) is 21.7. The van der Waals surface area contributed by atoms with E-state index in [-0.39, 0.29) is 37.7 Å². The van der Waals surface area contributed by atoms with Gasteiger partial charge in [-0.2, -0.15) is 4.31 Å². The highest BCUT2D eigenvalue weighted by atomic mass is 32.2. The number of nitrogens with one attached hydrogen (secondary N) is 2. The van der Waals surface area contributed by atoms with Crippen molar-refractivity contribution in [3.63, 3.8) is 0 Å². The van der Waals surface area contributed by atoms with Gasteiger partial charge in [-0.1, -0.05) is 0 Å². The quantitative estimate of drug-likeness (QED) is 0.616. The standard InChI is InChI=1S/C16H20FN3O7S/c1-2-18-16(23)19-14(21)10-27-15(22)12-9-11(3-4-13(12)17)28(24,25)20-5-7-26-8-6-20/h3-4,9H,2,5-8,10H2,1H3,(H2,18,19,21,23). The Morgan fingerprint density at radius 2 is 1.93 bits per heavy atom. The van der Waals surface area contributed by atoms with E-state index in [1.54, 1.807) is 6.92 Å². The summed E-state index contributed by atoms with van der Waals surface area (Å²) >= 11 is 0. The van der Waals surface area contributed by atoms with E-state index in [2.05, 4.69) is 10.1 Å². The molecule has 2 rings (SSSR count). The molecule has 1 aliphatic rings. The maximum absolute atomic E-state index is 14.0. The molecule has 12 heteroatoms. The summed E-state index contributed by atoms with van der Waals surface area (Å²) < 4.78 is 50.1. The minimum absolute atomic E-state index is 0.138. The average molecular weight is 417 g/mol. The van der Waals surface area contributed by atoms with Crippen LogP contribution >= 0.6 is 0 Å². The number of carbonyl (C=O) groups is 3. The van der Waals surface area contributed by atoms with E-state index < -0.39 is 45.9 Å². The highest BCUT2D eigenvalue weighted by molar-refractivity contribution is 7.89. The third-order valence-corrected chi connectivity index (χ3v) is 5.58. The van der Waals surface area contributed by atoms with Crippen LogP contribution in [0.3, 0.4) is 0 Å². The molecule has 1 saturated heterocycles. The predicted molar refractivity (Wildman–Crippen MR) is 93.5 cm³/mol. The Morgan fingerprint density at radius 3 is 2.57 bits per heavy atom. The average Bonchev–Trinajstić information content (AvgIpc) is 2.67. The Hall–Kier alpha value is -2.57. The topological polar surface area (TPSA) is 131 Å². The van der Waals surface area contributed by atoms with Crippen LogP contribution in [0.25, 0.3) is 0 Å². The van der Waals surface area contributed by atoms with Crippen molar-refractivity contribution >= 4 is 27.9 Å². The highest BCUT2D eigenvalue weighted by Crippen LogP contribution is 2.20. The fourth-order valence-corrected chi connectivity index (χ4v) is 3.77. The van der Waals surface area contributed by atoms with Gasteiger partial charge in [0.2, 0.25) is 10.0 Å². The van der Waals surface area contributed by atoms with Crippen LogP contribution in [0, 0.1) is 5.82 Å². The second-order valence-electron chi connectivity index (χ2n) is 5.64. The van der Waals surface area contributed by atoms with Crippen LogP contribution < -0.4 is 10.6 Å². The molecule has 3 amide bonds. The zero-order chi connectivity index (χ0) is 20.7. The minimum atomic E-state index is -3.94. The van der Waals surface area contributed by atoms with E-state index in [0.29, 0.717) is 0 Å². The molecule has 2 N–H and O–H groups in total. The van der Waals surface area contributed by atoms with Crippen LogP contribution in [-0.4, -0.2) is 70.1 Å². The summed E-state index contributed by atoms with van der Waals surface area (Å²) in [6.45, 7) is 1.83. The van der Waals surface area contributed by atoms with Crippen molar-refractivity contribution in [1.29, 1.82) is 0 Å². The minimum Gasteiger partial charge on any atom is -0.452 e. The van der Waals surface area contributed by atoms with Crippen LogP contribution in [0.5, 0.6) is 0 Å². The Balaban J connectivity index is 2.09. The zero-order valence-electron chi connectivity index (χ0n) is 15.1. The number of urea groups is 1. The predicted octanol–water partition coefficient (Wildman–Crippen LogP) is -0.151. The summed E-state index contributed by atoms with van der Waals surface area (Å²) in [7, 11) is -3.94. The third kappa shape index (κ3) is 5.47. The second-order valence-corrected chi connectivity index (χ2v) is 7.58. The first-order valence-corrected chi connectivity index (χ1v) is 9.82. The highest BCUT2D eigenvalue weighted by Gasteiger charge is 2.28. The number of hydrogen-bond acceptors (Lipinski definition) is 7. The molecule has 0 radical (unpaired) electrons. The number of morpholine rings is 1. The van der Waals surface area contributed by atoms with E-state index in [0.717, 1.165) is 18.2 Å². The van der Waals surface area contributed by atoms with Gasteiger partial charge >= 0.3 is 12.0 Å². The van der Waals surface area contributed by atoms with Crippen LogP contribution in [-0.2, 0) is 24.3 Å². The molecule has 1 fully saturated rings. The number of nitrogens with zero attached hydrogens (tertiary/aromatic N) is 1. The SMILES string of the molecule is CCNC(=O)NC(=O)COC(=O)c1cc(S(=O)(=O)N2CCOCC2)ccc1F. The smallest absolute Gasteiger partial charge is 0.341 e. The molecular weight excluding hydrogens is 397 g/mol. The van der Waals surface area contributed by atoms with Gasteiger partial charge < -0.3 is 14.8 Å². The van der Waals surface area contributed by atoms with Crippen molar-refractivity contribution in [3.05, 3.63) is 29.6 Å². The largest absolute Gasteiger partial charge is 0.452 e. The summed E-state index contributed by atoms with van der Waals surface area (Å²) in [4.78, 5) is 34.5. The lowest BCUT2D eigenvalue weighted by Crippen LogP contribution is -2.41. The number of rotatable bonds is 6. The molecule has 0 spiro atoms. The maximum Gasteiger partial charge on any atom is 0.341 e. The number of hydrogen-bond donors (Lipinski definition) is 2. The van der Waals surface area contributed by atoms with E-state index >= 15 is 0 Å². The molecule has 0 atom stereocenters. The first-order valence-electron chi connectivity index (χ1n) is 8.38. The van der Waals surface area contributed by atoms with Crippen molar-refractivity contribution in [2.75, 3.05) is 39.5 Å². The molecule has 10 nitrogen and oxygen atoms in total. The lowest BCUT2D eigenvalue weighted by molar-refractivity contribution is -0.123. The summed E-state index contributed by atoms with van der Waals surface area (Å²) in [6, 6.07) is 1.95. The van der Waals surface area contributed by atoms with Crippen molar-refractivity contribution in [3.8, 4) is 0 Å². The zero-order valence-corrected chi connectivity index (χ0v) is 15.9. The van der Waals surface area contributed by atoms with Gasteiger partial charge in [0.05, 0.1) is 23.7 Å². The molecule has 1 heterocycles. The van der Waals surface area contributed by atoms with Gasteiger partial charge in [-0.3, -0.25) is 10.1 Å². The van der Waals surface area contributed by atoms with E-state index in [1.807, 2.05) is 5.32 Å². The monoisotopic (exact) mass is 417 g/mol. The molecule has 1 aromatic carbocycles. The van der Waals surface area contributed by atoms with Gasteiger partial charge in [-0.15, -0.1) is 0 Å². The summed E-state index contributed by atoms with van der Waals surface area (Å²) in [6.07, 6.45) is 0. The molecule has 0 aliphatic carbocycles. The lowest BCUT2D eigenvalue weighted by atomic mass is 10.2. The van der Waals surface area contributed by atoms with Gasteiger partial charge in [0, 0.05) is 19.6 Å². The number of carbonyl (C=O) groups excluding carboxylic acids is 3. The Kier molecular flexibility index (Phi) is 7.43. The van der Waals surface area contributed by atoms with Gasteiger partial charge in [0.25, 0.3) is 5.91 Å².